The Balaban J connectivity index is 1.86. The van der Waals surface area contributed by atoms with Gasteiger partial charge in [0.05, 0.1) is 30.8 Å². The number of nitro benzene ring substituents is 1. The van der Waals surface area contributed by atoms with E-state index in [2.05, 4.69) is 10.6 Å². The summed E-state index contributed by atoms with van der Waals surface area (Å²) in [6.45, 7) is 1.91. The van der Waals surface area contributed by atoms with E-state index >= 15 is 0 Å². The minimum Gasteiger partial charge on any atom is -0.495 e. The molecule has 30 heavy (non-hydrogen) atoms. The van der Waals surface area contributed by atoms with E-state index in [9.17, 15) is 19.7 Å². The normalized spacial score (nSPS) is 10.6. The highest BCUT2D eigenvalue weighted by Gasteiger charge is 2.14. The number of amides is 2. The average molecular weight is 435 g/mol. The Morgan fingerprint density at radius 1 is 1.20 bits per heavy atom. The van der Waals surface area contributed by atoms with Crippen molar-refractivity contribution in [2.45, 2.75) is 13.5 Å². The third-order valence-corrected chi connectivity index (χ3v) is 4.54. The molecule has 2 rings (SSSR count). The van der Waals surface area contributed by atoms with Gasteiger partial charge < -0.3 is 15.4 Å². The second kappa shape index (κ2) is 10.6. The van der Waals surface area contributed by atoms with Crippen LogP contribution in [0.5, 0.6) is 5.75 Å². The highest BCUT2D eigenvalue weighted by atomic mass is 35.5. The van der Waals surface area contributed by atoms with Crippen molar-refractivity contribution in [2.75, 3.05) is 32.6 Å². The van der Waals surface area contributed by atoms with Gasteiger partial charge in [-0.05, 0) is 43.3 Å². The van der Waals surface area contributed by atoms with E-state index in [1.165, 1.54) is 25.3 Å². The van der Waals surface area contributed by atoms with E-state index in [0.29, 0.717) is 22.0 Å². The molecule has 0 unspecified atom stereocenters. The van der Waals surface area contributed by atoms with Gasteiger partial charge in [-0.2, -0.15) is 0 Å². The molecule has 0 saturated carbocycles. The van der Waals surface area contributed by atoms with Crippen molar-refractivity contribution >= 4 is 34.8 Å². The molecule has 0 fully saturated rings. The maximum atomic E-state index is 12.1. The lowest BCUT2D eigenvalue weighted by molar-refractivity contribution is -0.384. The molecule has 0 bridgehead atoms. The first-order valence-electron chi connectivity index (χ1n) is 9.02. The molecule has 0 aliphatic heterocycles. The Kier molecular flexibility index (Phi) is 8.14. The zero-order valence-electron chi connectivity index (χ0n) is 16.9. The largest absolute Gasteiger partial charge is 0.495 e. The van der Waals surface area contributed by atoms with Crippen LogP contribution in [0.2, 0.25) is 5.02 Å². The fourth-order valence-electron chi connectivity index (χ4n) is 2.74. The zero-order valence-corrected chi connectivity index (χ0v) is 17.7. The van der Waals surface area contributed by atoms with Crippen LogP contribution in [0.1, 0.15) is 11.1 Å². The first kappa shape index (κ1) is 23.1. The lowest BCUT2D eigenvalue weighted by atomic mass is 10.2. The number of nitrogens with zero attached hydrogens (tertiary/aromatic N) is 2. The maximum absolute atomic E-state index is 12.1. The molecule has 0 spiro atoms. The summed E-state index contributed by atoms with van der Waals surface area (Å²) in [5, 5.41) is 16.5. The summed E-state index contributed by atoms with van der Waals surface area (Å²) < 4.78 is 5.21. The Morgan fingerprint density at radius 3 is 2.60 bits per heavy atom. The van der Waals surface area contributed by atoms with Gasteiger partial charge >= 0.3 is 0 Å². The monoisotopic (exact) mass is 434 g/mol. The van der Waals surface area contributed by atoms with Crippen LogP contribution >= 0.6 is 11.6 Å². The van der Waals surface area contributed by atoms with Crippen molar-refractivity contribution in [3.05, 3.63) is 62.7 Å². The van der Waals surface area contributed by atoms with E-state index in [4.69, 9.17) is 16.3 Å². The number of nitrogens with one attached hydrogen (secondary N) is 2. The highest BCUT2D eigenvalue weighted by Crippen LogP contribution is 2.25. The van der Waals surface area contributed by atoms with E-state index in [1.54, 1.807) is 24.1 Å². The number of halogens is 1. The molecule has 0 saturated heterocycles. The summed E-state index contributed by atoms with van der Waals surface area (Å²) in [7, 11) is 3.18. The summed E-state index contributed by atoms with van der Waals surface area (Å²) >= 11 is 6.08. The molecular formula is C20H23ClN4O5. The van der Waals surface area contributed by atoms with Crippen LogP contribution in [0.15, 0.2) is 36.4 Å². The first-order valence-corrected chi connectivity index (χ1v) is 9.40. The van der Waals surface area contributed by atoms with E-state index in [1.807, 2.05) is 13.0 Å². The predicted octanol–water partition coefficient (Wildman–Crippen LogP) is 2.75. The average Bonchev–Trinajstić information content (AvgIpc) is 2.68. The summed E-state index contributed by atoms with van der Waals surface area (Å²) in [6, 6.07) is 9.53. The molecule has 0 heterocycles. The lowest BCUT2D eigenvalue weighted by Crippen LogP contribution is -2.39. The number of methoxy groups -OCH3 is 1. The fraction of sp³-hybridized carbons (Fsp3) is 0.300. The standard InChI is InChI=1S/C20H23ClN4O5/c1-13-4-7-18(30-3)17(8-13)23-19(26)10-22-20(27)12-24(2)11-14-9-15(25(28)29)5-6-16(14)21/h4-9H,10-12H2,1-3H3,(H,22,27)(H,23,26). The van der Waals surface area contributed by atoms with Gasteiger partial charge in [0.25, 0.3) is 5.69 Å². The molecule has 2 aromatic carbocycles. The fourth-order valence-corrected chi connectivity index (χ4v) is 2.91. The highest BCUT2D eigenvalue weighted by molar-refractivity contribution is 6.31. The summed E-state index contributed by atoms with van der Waals surface area (Å²) in [5.41, 5.74) is 1.94. The SMILES string of the molecule is COc1ccc(C)cc1NC(=O)CNC(=O)CN(C)Cc1cc([N+](=O)[O-])ccc1Cl. The molecule has 0 atom stereocenters. The smallest absolute Gasteiger partial charge is 0.269 e. The number of anilines is 1. The second-order valence-electron chi connectivity index (χ2n) is 6.73. The molecule has 2 aromatic rings. The number of benzene rings is 2. The number of aryl methyl sites for hydroxylation is 1. The van der Waals surface area contributed by atoms with Crippen LogP contribution in [0, 0.1) is 17.0 Å². The van der Waals surface area contributed by atoms with Gasteiger partial charge in [-0.3, -0.25) is 24.6 Å². The number of hydrogen-bond donors (Lipinski definition) is 2. The number of carbonyl (C=O) groups excluding carboxylic acids is 2. The molecule has 0 aliphatic carbocycles. The van der Waals surface area contributed by atoms with Crippen molar-refractivity contribution < 1.29 is 19.2 Å². The van der Waals surface area contributed by atoms with Crippen LogP contribution in [0.4, 0.5) is 11.4 Å². The number of non-ortho nitro benzene ring substituents is 1. The van der Waals surface area contributed by atoms with Crippen molar-refractivity contribution in [1.29, 1.82) is 0 Å². The molecule has 160 valence electrons. The van der Waals surface area contributed by atoms with Crippen LogP contribution in [0.25, 0.3) is 0 Å². The number of carbonyl (C=O) groups is 2. The van der Waals surface area contributed by atoms with Crippen LogP contribution < -0.4 is 15.4 Å². The van der Waals surface area contributed by atoms with E-state index < -0.39 is 10.8 Å². The summed E-state index contributed by atoms with van der Waals surface area (Å²) in [5.74, 6) is -0.240. The molecular weight excluding hydrogens is 412 g/mol. The van der Waals surface area contributed by atoms with E-state index in [-0.39, 0.29) is 31.2 Å². The molecule has 0 aliphatic rings. The maximum Gasteiger partial charge on any atom is 0.269 e. The molecule has 10 heteroatoms. The van der Waals surface area contributed by atoms with Crippen molar-refractivity contribution in [3.63, 3.8) is 0 Å². The van der Waals surface area contributed by atoms with Gasteiger partial charge in [0.2, 0.25) is 11.8 Å². The Hall–Kier alpha value is -3.17. The number of ether oxygens (including phenoxy) is 1. The Labute approximate surface area is 179 Å². The third kappa shape index (κ3) is 6.71. The Bertz CT molecular complexity index is 951. The van der Waals surface area contributed by atoms with Crippen molar-refractivity contribution in [3.8, 4) is 5.75 Å². The summed E-state index contributed by atoms with van der Waals surface area (Å²) in [4.78, 5) is 36.3. The first-order chi connectivity index (χ1) is 14.2. The molecule has 9 nitrogen and oxygen atoms in total. The summed E-state index contributed by atoms with van der Waals surface area (Å²) in [6.07, 6.45) is 0. The number of nitro groups is 1. The van der Waals surface area contributed by atoms with Crippen molar-refractivity contribution in [1.82, 2.24) is 10.2 Å². The van der Waals surface area contributed by atoms with Crippen LogP contribution in [0.3, 0.4) is 0 Å². The van der Waals surface area contributed by atoms with Crippen molar-refractivity contribution in [2.24, 2.45) is 0 Å². The van der Waals surface area contributed by atoms with Gasteiger partial charge in [0.1, 0.15) is 5.75 Å². The lowest BCUT2D eigenvalue weighted by Gasteiger charge is -2.17. The second-order valence-corrected chi connectivity index (χ2v) is 7.14. The predicted molar refractivity (Wildman–Crippen MR) is 114 cm³/mol. The van der Waals surface area contributed by atoms with Gasteiger partial charge in [0.15, 0.2) is 0 Å². The molecule has 0 aromatic heterocycles. The van der Waals surface area contributed by atoms with E-state index in [0.717, 1.165) is 5.56 Å². The topological polar surface area (TPSA) is 114 Å². The molecule has 0 radical (unpaired) electrons. The number of rotatable bonds is 9. The van der Waals surface area contributed by atoms with Gasteiger partial charge in [-0.15, -0.1) is 0 Å². The van der Waals surface area contributed by atoms with Gasteiger partial charge in [-0.25, -0.2) is 0 Å². The van der Waals surface area contributed by atoms with Gasteiger partial charge in [0, 0.05) is 23.7 Å². The van der Waals surface area contributed by atoms with Crippen LogP contribution in [-0.4, -0.2) is 48.9 Å². The minimum atomic E-state index is -0.506. The number of hydrogen-bond acceptors (Lipinski definition) is 6. The number of likely N-dealkylation sites (N-methyl/N-ethyl adjacent to an activating group) is 1. The zero-order chi connectivity index (χ0) is 22.3. The molecule has 2 amide bonds. The minimum absolute atomic E-state index is 0.0138. The Morgan fingerprint density at radius 2 is 1.93 bits per heavy atom. The van der Waals surface area contributed by atoms with Gasteiger partial charge in [-0.1, -0.05) is 17.7 Å². The molecule has 2 N–H and O–H groups in total. The quantitative estimate of drug-likeness (QED) is 0.463. The third-order valence-electron chi connectivity index (χ3n) is 4.17. The van der Waals surface area contributed by atoms with Crippen LogP contribution in [-0.2, 0) is 16.1 Å².